The molecule has 0 unspecified atom stereocenters. The van der Waals surface area contributed by atoms with Crippen molar-refractivity contribution < 1.29 is 14.3 Å². The van der Waals surface area contributed by atoms with E-state index in [0.29, 0.717) is 13.1 Å². The lowest BCUT2D eigenvalue weighted by Crippen LogP contribution is -2.39. The highest BCUT2D eigenvalue weighted by Gasteiger charge is 2.57. The predicted molar refractivity (Wildman–Crippen MR) is 83.2 cm³/mol. The summed E-state index contributed by atoms with van der Waals surface area (Å²) in [5, 5.41) is 5.94. The normalized spacial score (nSPS) is 27.4. The van der Waals surface area contributed by atoms with E-state index in [9.17, 15) is 9.59 Å². The maximum Gasteiger partial charge on any atom is 0.223 e. The Hall–Kier alpha value is -1.10. The minimum Gasteiger partial charge on any atom is -0.381 e. The molecule has 2 saturated carbocycles. The number of hydrogen-bond donors (Lipinski definition) is 2. The molecular weight excluding hydrogens is 280 g/mol. The molecule has 3 rings (SSSR count). The van der Waals surface area contributed by atoms with Gasteiger partial charge in [0.15, 0.2) is 0 Å². The summed E-state index contributed by atoms with van der Waals surface area (Å²) in [6.07, 6.45) is 8.68. The van der Waals surface area contributed by atoms with Crippen LogP contribution in [0.3, 0.4) is 0 Å². The fourth-order valence-electron chi connectivity index (χ4n) is 4.05. The first kappa shape index (κ1) is 15.8. The molecule has 0 radical (unpaired) electrons. The lowest BCUT2D eigenvalue weighted by atomic mass is 9.89. The van der Waals surface area contributed by atoms with Crippen LogP contribution < -0.4 is 10.6 Å². The molecule has 1 heterocycles. The fraction of sp³-hybridized carbons (Fsp3) is 0.882. The molecule has 0 aromatic carbocycles. The van der Waals surface area contributed by atoms with Crippen LogP contribution in [0.25, 0.3) is 0 Å². The van der Waals surface area contributed by atoms with E-state index in [-0.39, 0.29) is 29.1 Å². The zero-order chi connectivity index (χ0) is 15.4. The van der Waals surface area contributed by atoms with Gasteiger partial charge in [-0.2, -0.15) is 0 Å². The molecule has 1 atom stereocenters. The van der Waals surface area contributed by atoms with Gasteiger partial charge in [-0.05, 0) is 37.5 Å². The number of carbonyl (C=O) groups is 2. The number of rotatable bonds is 5. The van der Waals surface area contributed by atoms with Crippen molar-refractivity contribution >= 4 is 11.8 Å². The van der Waals surface area contributed by atoms with Crippen LogP contribution >= 0.6 is 0 Å². The molecule has 0 aromatic heterocycles. The lowest BCUT2D eigenvalue weighted by molar-refractivity contribution is -0.126. The molecule has 5 nitrogen and oxygen atoms in total. The number of amides is 2. The molecular formula is C17H28N2O3. The quantitative estimate of drug-likeness (QED) is 0.758. The zero-order valence-electron chi connectivity index (χ0n) is 13.4. The van der Waals surface area contributed by atoms with Gasteiger partial charge in [0.05, 0.1) is 0 Å². The standard InChI is InChI=1S/C17H28N2O3/c20-15(13-4-2-1-3-5-13)18-8-9-19-16(21)14-12-17(14)6-10-22-11-7-17/h13-14H,1-12H2,(H,18,20)(H,19,21)/t14-/m1/s1. The Bertz CT molecular complexity index is 412. The monoisotopic (exact) mass is 308 g/mol. The second kappa shape index (κ2) is 6.99. The molecule has 1 spiro atoms. The largest absolute Gasteiger partial charge is 0.381 e. The van der Waals surface area contributed by atoms with E-state index in [2.05, 4.69) is 10.6 Å². The van der Waals surface area contributed by atoms with Gasteiger partial charge < -0.3 is 15.4 Å². The van der Waals surface area contributed by atoms with E-state index in [4.69, 9.17) is 4.74 Å². The third kappa shape index (κ3) is 3.62. The summed E-state index contributed by atoms with van der Waals surface area (Å²) in [6.45, 7) is 2.67. The van der Waals surface area contributed by atoms with Gasteiger partial charge in [0, 0.05) is 38.1 Å². The molecule has 3 aliphatic rings. The van der Waals surface area contributed by atoms with Crippen molar-refractivity contribution in [3.63, 3.8) is 0 Å². The van der Waals surface area contributed by atoms with Crippen molar-refractivity contribution in [3.05, 3.63) is 0 Å². The van der Waals surface area contributed by atoms with Gasteiger partial charge in [0.2, 0.25) is 11.8 Å². The first-order chi connectivity index (χ1) is 10.7. The Balaban J connectivity index is 1.30. The Morgan fingerprint density at radius 1 is 0.955 bits per heavy atom. The Morgan fingerprint density at radius 3 is 2.27 bits per heavy atom. The molecule has 2 N–H and O–H groups in total. The third-order valence-electron chi connectivity index (χ3n) is 5.69. The van der Waals surface area contributed by atoms with E-state index in [1.165, 1.54) is 19.3 Å². The van der Waals surface area contributed by atoms with E-state index in [1.54, 1.807) is 0 Å². The summed E-state index contributed by atoms with van der Waals surface area (Å²) in [5.41, 5.74) is 0.230. The number of hydrogen-bond acceptors (Lipinski definition) is 3. The van der Waals surface area contributed by atoms with Gasteiger partial charge in [0.25, 0.3) is 0 Å². The molecule has 124 valence electrons. The van der Waals surface area contributed by atoms with Crippen LogP contribution in [0, 0.1) is 17.3 Å². The Kier molecular flexibility index (Phi) is 5.01. The van der Waals surface area contributed by atoms with Crippen LogP contribution in [0.2, 0.25) is 0 Å². The summed E-state index contributed by atoms with van der Waals surface area (Å²) in [5.74, 6) is 0.693. The van der Waals surface area contributed by atoms with Gasteiger partial charge >= 0.3 is 0 Å². The fourth-order valence-corrected chi connectivity index (χ4v) is 4.05. The van der Waals surface area contributed by atoms with Gasteiger partial charge in [-0.1, -0.05) is 19.3 Å². The van der Waals surface area contributed by atoms with Gasteiger partial charge in [-0.15, -0.1) is 0 Å². The minimum atomic E-state index is 0.161. The third-order valence-corrected chi connectivity index (χ3v) is 5.69. The molecule has 3 fully saturated rings. The molecule has 22 heavy (non-hydrogen) atoms. The Labute approximate surface area is 132 Å². The molecule has 0 aromatic rings. The summed E-state index contributed by atoms with van der Waals surface area (Å²) in [4.78, 5) is 24.2. The number of carbonyl (C=O) groups excluding carboxylic acids is 2. The molecule has 1 saturated heterocycles. The summed E-state index contributed by atoms with van der Waals surface area (Å²) in [6, 6.07) is 0. The second-order valence-electron chi connectivity index (χ2n) is 7.15. The van der Waals surface area contributed by atoms with E-state index < -0.39 is 0 Å². The van der Waals surface area contributed by atoms with Crippen molar-refractivity contribution in [2.45, 2.75) is 51.4 Å². The van der Waals surface area contributed by atoms with Crippen LogP contribution in [0.4, 0.5) is 0 Å². The van der Waals surface area contributed by atoms with Crippen molar-refractivity contribution in [1.29, 1.82) is 0 Å². The van der Waals surface area contributed by atoms with Crippen LogP contribution in [0.15, 0.2) is 0 Å². The smallest absolute Gasteiger partial charge is 0.223 e. The zero-order valence-corrected chi connectivity index (χ0v) is 13.4. The highest BCUT2D eigenvalue weighted by molar-refractivity contribution is 5.82. The van der Waals surface area contributed by atoms with Crippen molar-refractivity contribution in [3.8, 4) is 0 Å². The van der Waals surface area contributed by atoms with Crippen LogP contribution in [0.5, 0.6) is 0 Å². The predicted octanol–water partition coefficient (Wildman–Crippen LogP) is 1.62. The van der Waals surface area contributed by atoms with E-state index >= 15 is 0 Å². The first-order valence-electron chi connectivity index (χ1n) is 8.84. The molecule has 2 amide bonds. The van der Waals surface area contributed by atoms with Gasteiger partial charge in [0.1, 0.15) is 0 Å². The Morgan fingerprint density at radius 2 is 1.59 bits per heavy atom. The average molecular weight is 308 g/mol. The molecule has 1 aliphatic heterocycles. The highest BCUT2D eigenvalue weighted by Crippen LogP contribution is 2.59. The number of nitrogens with one attached hydrogen (secondary N) is 2. The molecule has 5 heteroatoms. The summed E-state index contributed by atoms with van der Waals surface area (Å²) in [7, 11) is 0. The van der Waals surface area contributed by atoms with Gasteiger partial charge in [-0.3, -0.25) is 9.59 Å². The summed E-state index contributed by atoms with van der Waals surface area (Å²) >= 11 is 0. The van der Waals surface area contributed by atoms with Crippen LogP contribution in [-0.4, -0.2) is 38.1 Å². The highest BCUT2D eigenvalue weighted by atomic mass is 16.5. The topological polar surface area (TPSA) is 67.4 Å². The maximum absolute atomic E-state index is 12.2. The van der Waals surface area contributed by atoms with E-state index in [0.717, 1.165) is 45.3 Å². The maximum atomic E-state index is 12.2. The SMILES string of the molecule is O=C(NCCNC(=O)[C@H]1CC12CCOCC2)C1CCCCC1. The van der Waals surface area contributed by atoms with E-state index in [1.807, 2.05) is 0 Å². The van der Waals surface area contributed by atoms with Crippen LogP contribution in [0.1, 0.15) is 51.4 Å². The first-order valence-corrected chi connectivity index (χ1v) is 8.84. The number of ether oxygens (including phenoxy) is 1. The average Bonchev–Trinajstić information content (AvgIpc) is 3.26. The van der Waals surface area contributed by atoms with Crippen LogP contribution in [-0.2, 0) is 14.3 Å². The molecule has 2 aliphatic carbocycles. The van der Waals surface area contributed by atoms with Crippen molar-refractivity contribution in [1.82, 2.24) is 10.6 Å². The minimum absolute atomic E-state index is 0.161. The van der Waals surface area contributed by atoms with Gasteiger partial charge in [-0.25, -0.2) is 0 Å². The second-order valence-corrected chi connectivity index (χ2v) is 7.15. The molecule has 0 bridgehead atoms. The summed E-state index contributed by atoms with van der Waals surface area (Å²) < 4.78 is 5.38. The van der Waals surface area contributed by atoms with Crippen molar-refractivity contribution in [2.24, 2.45) is 17.3 Å². The van der Waals surface area contributed by atoms with Crippen molar-refractivity contribution in [2.75, 3.05) is 26.3 Å². The lowest BCUT2D eigenvalue weighted by Gasteiger charge is -2.22.